The zero-order valence-corrected chi connectivity index (χ0v) is 23.0. The Bertz CT molecular complexity index is 1710. The summed E-state index contributed by atoms with van der Waals surface area (Å²) in [5.41, 5.74) is 6.57. The normalized spacial score (nSPS) is 16.2. The van der Waals surface area contributed by atoms with Crippen LogP contribution in [0, 0.1) is 12.8 Å². The number of methoxy groups -OCH3 is 1. The maximum absolute atomic E-state index is 13.5. The molecule has 2 amide bonds. The standard InChI is InChI=1S/C31H32N4O5/c1-17(2)26(34-31(37)38-4)30(36)35-13-5-6-25(35)29-32-16-24(33-29)23-10-9-20(22-12-15-40-28(22)23)19-8-7-18(3)27-21(19)11-14-39-27/h7-12,14-17,25-26H,5-6,13H2,1-4H3,(H,32,33)(H,34,37)/t25-,26-/m0/s1. The van der Waals surface area contributed by atoms with Gasteiger partial charge in [-0.2, -0.15) is 0 Å². The Morgan fingerprint density at radius 2 is 1.70 bits per heavy atom. The number of likely N-dealkylation sites (tertiary alicyclic amines) is 1. The molecule has 1 fully saturated rings. The molecular formula is C31H32N4O5. The monoisotopic (exact) mass is 540 g/mol. The average Bonchev–Trinajstić information content (AvgIpc) is 3.76. The second-order valence-corrected chi connectivity index (χ2v) is 10.6. The number of aromatic amines is 1. The predicted molar refractivity (Wildman–Crippen MR) is 152 cm³/mol. The summed E-state index contributed by atoms with van der Waals surface area (Å²) in [7, 11) is 1.29. The topological polar surface area (TPSA) is 114 Å². The van der Waals surface area contributed by atoms with Crippen LogP contribution in [0.15, 0.2) is 64.0 Å². The highest BCUT2D eigenvalue weighted by atomic mass is 16.5. The number of benzene rings is 2. The van der Waals surface area contributed by atoms with E-state index in [1.54, 1.807) is 18.7 Å². The quantitative estimate of drug-likeness (QED) is 0.251. The van der Waals surface area contributed by atoms with E-state index < -0.39 is 12.1 Å². The van der Waals surface area contributed by atoms with E-state index in [-0.39, 0.29) is 17.9 Å². The number of hydrogen-bond acceptors (Lipinski definition) is 6. The number of nitrogens with zero attached hydrogens (tertiary/aromatic N) is 2. The molecule has 0 spiro atoms. The number of nitrogens with one attached hydrogen (secondary N) is 2. The van der Waals surface area contributed by atoms with Gasteiger partial charge in [-0.15, -0.1) is 0 Å². The van der Waals surface area contributed by atoms with Gasteiger partial charge in [0.2, 0.25) is 5.91 Å². The van der Waals surface area contributed by atoms with Crippen LogP contribution in [0.4, 0.5) is 4.79 Å². The van der Waals surface area contributed by atoms with Gasteiger partial charge in [-0.25, -0.2) is 9.78 Å². The summed E-state index contributed by atoms with van der Waals surface area (Å²) in [4.78, 5) is 35.3. The van der Waals surface area contributed by atoms with Crippen molar-refractivity contribution >= 4 is 33.9 Å². The summed E-state index contributed by atoms with van der Waals surface area (Å²) in [6.45, 7) is 6.45. The fraction of sp³-hybridized carbons (Fsp3) is 0.323. The fourth-order valence-electron chi connectivity index (χ4n) is 5.78. The van der Waals surface area contributed by atoms with Gasteiger partial charge in [0.1, 0.15) is 23.0 Å². The van der Waals surface area contributed by atoms with Crippen molar-refractivity contribution in [2.75, 3.05) is 13.7 Å². The molecule has 0 bridgehead atoms. The Kier molecular flexibility index (Phi) is 6.57. The van der Waals surface area contributed by atoms with Crippen molar-refractivity contribution in [3.05, 3.63) is 66.5 Å². The smallest absolute Gasteiger partial charge is 0.407 e. The Hall–Kier alpha value is -4.53. The average molecular weight is 541 g/mol. The highest BCUT2D eigenvalue weighted by molar-refractivity contribution is 6.07. The zero-order chi connectivity index (χ0) is 28.0. The van der Waals surface area contributed by atoms with Crippen molar-refractivity contribution in [1.82, 2.24) is 20.2 Å². The molecular weight excluding hydrogens is 508 g/mol. The van der Waals surface area contributed by atoms with Crippen LogP contribution in [0.25, 0.3) is 44.3 Å². The van der Waals surface area contributed by atoms with E-state index in [0.29, 0.717) is 12.4 Å². The van der Waals surface area contributed by atoms with E-state index >= 15 is 0 Å². The molecule has 0 aliphatic carbocycles. The lowest BCUT2D eigenvalue weighted by Gasteiger charge is -2.30. The first kappa shape index (κ1) is 25.7. The minimum atomic E-state index is -0.679. The van der Waals surface area contributed by atoms with Crippen LogP contribution in [0.2, 0.25) is 0 Å². The van der Waals surface area contributed by atoms with Crippen LogP contribution in [0.1, 0.15) is 44.1 Å². The molecule has 2 N–H and O–H groups in total. The third-order valence-electron chi connectivity index (χ3n) is 7.85. The minimum absolute atomic E-state index is 0.0948. The number of fused-ring (bicyclic) bond motifs is 2. The van der Waals surface area contributed by atoms with Crippen molar-refractivity contribution < 1.29 is 23.2 Å². The first-order valence-electron chi connectivity index (χ1n) is 13.5. The van der Waals surface area contributed by atoms with Crippen LogP contribution in [-0.2, 0) is 9.53 Å². The minimum Gasteiger partial charge on any atom is -0.464 e. The van der Waals surface area contributed by atoms with Gasteiger partial charge in [0.25, 0.3) is 0 Å². The molecule has 1 aliphatic rings. The molecule has 1 saturated heterocycles. The summed E-state index contributed by atoms with van der Waals surface area (Å²) in [6, 6.07) is 11.4. The molecule has 40 heavy (non-hydrogen) atoms. The third kappa shape index (κ3) is 4.31. The number of hydrogen-bond donors (Lipinski definition) is 2. The number of aryl methyl sites for hydroxylation is 1. The molecule has 3 aromatic heterocycles. The summed E-state index contributed by atoms with van der Waals surface area (Å²) in [6.07, 6.45) is 6.23. The summed E-state index contributed by atoms with van der Waals surface area (Å²) in [5, 5.41) is 4.75. The van der Waals surface area contributed by atoms with Crippen LogP contribution in [0.3, 0.4) is 0 Å². The summed E-state index contributed by atoms with van der Waals surface area (Å²) >= 11 is 0. The number of imidazole rings is 1. The zero-order valence-electron chi connectivity index (χ0n) is 23.0. The first-order chi connectivity index (χ1) is 19.4. The van der Waals surface area contributed by atoms with Gasteiger partial charge in [0.05, 0.1) is 37.6 Å². The lowest BCUT2D eigenvalue weighted by molar-refractivity contribution is -0.135. The molecule has 9 nitrogen and oxygen atoms in total. The second-order valence-electron chi connectivity index (χ2n) is 10.6. The van der Waals surface area contributed by atoms with Gasteiger partial charge in [-0.1, -0.05) is 32.0 Å². The predicted octanol–water partition coefficient (Wildman–Crippen LogP) is 6.59. The molecule has 5 aromatic rings. The van der Waals surface area contributed by atoms with E-state index in [1.165, 1.54) is 7.11 Å². The van der Waals surface area contributed by atoms with Crippen molar-refractivity contribution in [2.24, 2.45) is 5.92 Å². The van der Waals surface area contributed by atoms with Crippen LogP contribution >= 0.6 is 0 Å². The van der Waals surface area contributed by atoms with Crippen LogP contribution in [-0.4, -0.2) is 46.6 Å². The van der Waals surface area contributed by atoms with Gasteiger partial charge in [0, 0.05) is 22.9 Å². The molecule has 2 aromatic carbocycles. The Morgan fingerprint density at radius 3 is 2.42 bits per heavy atom. The molecule has 0 radical (unpaired) electrons. The van der Waals surface area contributed by atoms with E-state index in [2.05, 4.69) is 33.5 Å². The highest BCUT2D eigenvalue weighted by Gasteiger charge is 2.37. The first-order valence-corrected chi connectivity index (χ1v) is 13.5. The molecule has 0 saturated carbocycles. The highest BCUT2D eigenvalue weighted by Crippen LogP contribution is 2.40. The molecule has 2 atom stereocenters. The number of carbonyl (C=O) groups is 2. The molecule has 1 aliphatic heterocycles. The second kappa shape index (κ2) is 10.2. The van der Waals surface area contributed by atoms with Gasteiger partial charge in [-0.3, -0.25) is 4.79 Å². The van der Waals surface area contributed by atoms with Gasteiger partial charge >= 0.3 is 6.09 Å². The fourth-order valence-corrected chi connectivity index (χ4v) is 5.78. The number of rotatable bonds is 6. The van der Waals surface area contributed by atoms with Gasteiger partial charge < -0.3 is 28.8 Å². The molecule has 4 heterocycles. The number of amides is 2. The van der Waals surface area contributed by atoms with E-state index in [0.717, 1.165) is 62.7 Å². The summed E-state index contributed by atoms with van der Waals surface area (Å²) in [5.74, 6) is 0.480. The van der Waals surface area contributed by atoms with Crippen molar-refractivity contribution in [3.63, 3.8) is 0 Å². The molecule has 6 rings (SSSR count). The number of ether oxygens (including phenoxy) is 1. The SMILES string of the molecule is COC(=O)N[C@H](C(=O)N1CCC[C@H]1c1ncc(-c2ccc(-c3ccc(C)c4occc34)c3ccoc23)[nH]1)C(C)C. The molecule has 206 valence electrons. The molecule has 9 heteroatoms. The Morgan fingerprint density at radius 1 is 1.02 bits per heavy atom. The lowest BCUT2D eigenvalue weighted by atomic mass is 9.95. The van der Waals surface area contributed by atoms with Crippen molar-refractivity contribution in [1.29, 1.82) is 0 Å². The largest absolute Gasteiger partial charge is 0.464 e. The van der Waals surface area contributed by atoms with Crippen LogP contribution in [0.5, 0.6) is 0 Å². The van der Waals surface area contributed by atoms with Gasteiger partial charge in [-0.05, 0) is 60.6 Å². The number of aromatic nitrogens is 2. The lowest BCUT2D eigenvalue weighted by Crippen LogP contribution is -2.51. The maximum atomic E-state index is 13.5. The van der Waals surface area contributed by atoms with Crippen molar-refractivity contribution in [2.45, 2.75) is 45.7 Å². The van der Waals surface area contributed by atoms with Crippen LogP contribution < -0.4 is 5.32 Å². The Balaban J connectivity index is 1.32. The summed E-state index contributed by atoms with van der Waals surface area (Å²) < 4.78 is 16.5. The number of carbonyl (C=O) groups excluding carboxylic acids is 2. The van der Waals surface area contributed by atoms with E-state index in [1.807, 2.05) is 43.9 Å². The van der Waals surface area contributed by atoms with Gasteiger partial charge in [0.15, 0.2) is 0 Å². The molecule has 0 unspecified atom stereocenters. The Labute approximate surface area is 231 Å². The van der Waals surface area contributed by atoms with Crippen molar-refractivity contribution in [3.8, 4) is 22.4 Å². The maximum Gasteiger partial charge on any atom is 0.407 e. The number of alkyl carbamates (subject to hydrolysis) is 1. The van der Waals surface area contributed by atoms with E-state index in [9.17, 15) is 9.59 Å². The number of H-pyrrole nitrogens is 1. The van der Waals surface area contributed by atoms with E-state index in [4.69, 9.17) is 13.6 Å². The third-order valence-corrected chi connectivity index (χ3v) is 7.85. The number of furan rings is 2.